The van der Waals surface area contributed by atoms with E-state index in [-0.39, 0.29) is 5.79 Å². The second kappa shape index (κ2) is 6.06. The predicted molar refractivity (Wildman–Crippen MR) is 56.8 cm³/mol. The zero-order valence-electron chi connectivity index (χ0n) is 9.05. The first kappa shape index (κ1) is 11.6. The second-order valence-corrected chi connectivity index (χ2v) is 3.95. The third kappa shape index (κ3) is 4.13. The molecule has 1 saturated heterocycles. The molecule has 1 heterocycles. The molecule has 0 amide bonds. The summed E-state index contributed by atoms with van der Waals surface area (Å²) in [5, 5.41) is 0. The molecular formula is C12H20O2. The summed E-state index contributed by atoms with van der Waals surface area (Å²) in [6, 6.07) is 0. The van der Waals surface area contributed by atoms with Crippen LogP contribution < -0.4 is 0 Å². The van der Waals surface area contributed by atoms with Crippen molar-refractivity contribution in [3.05, 3.63) is 0 Å². The summed E-state index contributed by atoms with van der Waals surface area (Å²) in [7, 11) is 0. The third-order valence-corrected chi connectivity index (χ3v) is 2.60. The van der Waals surface area contributed by atoms with Crippen molar-refractivity contribution in [2.75, 3.05) is 13.2 Å². The van der Waals surface area contributed by atoms with Gasteiger partial charge in [-0.25, -0.2) is 0 Å². The van der Waals surface area contributed by atoms with Gasteiger partial charge in [0, 0.05) is 12.8 Å². The number of hydrogen-bond donors (Lipinski definition) is 0. The molecule has 0 aliphatic carbocycles. The minimum Gasteiger partial charge on any atom is -0.348 e. The maximum absolute atomic E-state index is 5.51. The standard InChI is InChI=1S/C12H20O2/c1-3-4-5-6-7-8-9-12(2)13-10-11-14-12/h1H,4-11H2,2H3. The SMILES string of the molecule is C#CCCCCCCC1(C)OCCO1. The number of hydrogen-bond acceptors (Lipinski definition) is 2. The van der Waals surface area contributed by atoms with Crippen molar-refractivity contribution in [2.45, 2.75) is 51.2 Å². The van der Waals surface area contributed by atoms with E-state index < -0.39 is 0 Å². The van der Waals surface area contributed by atoms with Gasteiger partial charge in [0.25, 0.3) is 0 Å². The lowest BCUT2D eigenvalue weighted by molar-refractivity contribution is -0.147. The van der Waals surface area contributed by atoms with Gasteiger partial charge in [0.15, 0.2) is 5.79 Å². The molecule has 0 spiro atoms. The van der Waals surface area contributed by atoms with E-state index in [1.807, 2.05) is 6.92 Å². The van der Waals surface area contributed by atoms with Crippen LogP contribution in [0.5, 0.6) is 0 Å². The Bertz CT molecular complexity index is 187. The van der Waals surface area contributed by atoms with Gasteiger partial charge in [-0.15, -0.1) is 12.3 Å². The highest BCUT2D eigenvalue weighted by Crippen LogP contribution is 2.25. The van der Waals surface area contributed by atoms with Crippen LogP contribution in [0.3, 0.4) is 0 Å². The molecule has 1 aliphatic rings. The number of ether oxygens (including phenoxy) is 2. The molecule has 0 N–H and O–H groups in total. The minimum atomic E-state index is -0.299. The average molecular weight is 196 g/mol. The average Bonchev–Trinajstić information content (AvgIpc) is 2.59. The first-order valence-corrected chi connectivity index (χ1v) is 5.48. The van der Waals surface area contributed by atoms with Gasteiger partial charge in [-0.3, -0.25) is 0 Å². The van der Waals surface area contributed by atoms with E-state index in [0.717, 1.165) is 32.5 Å². The van der Waals surface area contributed by atoms with Crippen LogP contribution >= 0.6 is 0 Å². The van der Waals surface area contributed by atoms with Gasteiger partial charge in [0.2, 0.25) is 0 Å². The van der Waals surface area contributed by atoms with Crippen molar-refractivity contribution in [2.24, 2.45) is 0 Å². The van der Waals surface area contributed by atoms with Crippen molar-refractivity contribution >= 4 is 0 Å². The van der Waals surface area contributed by atoms with Crippen molar-refractivity contribution < 1.29 is 9.47 Å². The molecule has 2 nitrogen and oxygen atoms in total. The van der Waals surface area contributed by atoms with E-state index in [4.69, 9.17) is 15.9 Å². The summed E-state index contributed by atoms with van der Waals surface area (Å²) < 4.78 is 11.0. The van der Waals surface area contributed by atoms with E-state index in [0.29, 0.717) is 0 Å². The van der Waals surface area contributed by atoms with Crippen LogP contribution in [0, 0.1) is 12.3 Å². The summed E-state index contributed by atoms with van der Waals surface area (Å²) in [5.41, 5.74) is 0. The van der Waals surface area contributed by atoms with E-state index in [1.54, 1.807) is 0 Å². The van der Waals surface area contributed by atoms with Crippen LogP contribution in [0.25, 0.3) is 0 Å². The van der Waals surface area contributed by atoms with E-state index >= 15 is 0 Å². The summed E-state index contributed by atoms with van der Waals surface area (Å²) in [6.07, 6.45) is 11.8. The van der Waals surface area contributed by atoms with Gasteiger partial charge in [0.05, 0.1) is 13.2 Å². The fraction of sp³-hybridized carbons (Fsp3) is 0.833. The van der Waals surface area contributed by atoms with Crippen molar-refractivity contribution in [1.82, 2.24) is 0 Å². The summed E-state index contributed by atoms with van der Waals surface area (Å²) in [4.78, 5) is 0. The highest BCUT2D eigenvalue weighted by atomic mass is 16.7. The van der Waals surface area contributed by atoms with Crippen LogP contribution in [-0.4, -0.2) is 19.0 Å². The Morgan fingerprint density at radius 2 is 1.79 bits per heavy atom. The maximum atomic E-state index is 5.51. The van der Waals surface area contributed by atoms with Gasteiger partial charge in [-0.05, 0) is 19.8 Å². The fourth-order valence-electron chi connectivity index (χ4n) is 1.73. The largest absolute Gasteiger partial charge is 0.348 e. The van der Waals surface area contributed by atoms with Gasteiger partial charge in [-0.2, -0.15) is 0 Å². The lowest BCUT2D eigenvalue weighted by atomic mass is 10.1. The predicted octanol–water partition coefficient (Wildman–Crippen LogP) is 2.72. The van der Waals surface area contributed by atoms with Crippen LogP contribution in [0.2, 0.25) is 0 Å². The summed E-state index contributed by atoms with van der Waals surface area (Å²) in [5.74, 6) is 2.36. The lowest BCUT2D eigenvalue weighted by Gasteiger charge is -2.21. The number of terminal acetylenes is 1. The van der Waals surface area contributed by atoms with Crippen molar-refractivity contribution in [3.63, 3.8) is 0 Å². The summed E-state index contributed by atoms with van der Waals surface area (Å²) >= 11 is 0. The topological polar surface area (TPSA) is 18.5 Å². The highest BCUT2D eigenvalue weighted by Gasteiger charge is 2.29. The van der Waals surface area contributed by atoms with Crippen molar-refractivity contribution in [1.29, 1.82) is 0 Å². The quantitative estimate of drug-likeness (QED) is 0.480. The molecule has 80 valence electrons. The maximum Gasteiger partial charge on any atom is 0.165 e. The molecule has 0 aromatic heterocycles. The fourth-order valence-corrected chi connectivity index (χ4v) is 1.73. The molecule has 1 fully saturated rings. The second-order valence-electron chi connectivity index (χ2n) is 3.95. The molecule has 0 aromatic carbocycles. The van der Waals surface area contributed by atoms with Gasteiger partial charge in [0.1, 0.15) is 0 Å². The van der Waals surface area contributed by atoms with Crippen molar-refractivity contribution in [3.8, 4) is 12.3 Å². The molecule has 1 rings (SSSR count). The monoisotopic (exact) mass is 196 g/mol. The Morgan fingerprint density at radius 3 is 2.43 bits per heavy atom. The molecule has 0 unspecified atom stereocenters. The molecule has 2 heteroatoms. The zero-order chi connectivity index (χ0) is 10.3. The third-order valence-electron chi connectivity index (χ3n) is 2.60. The molecule has 0 bridgehead atoms. The number of rotatable bonds is 6. The van der Waals surface area contributed by atoms with Crippen LogP contribution in [-0.2, 0) is 9.47 Å². The first-order valence-electron chi connectivity index (χ1n) is 5.48. The normalized spacial score (nSPS) is 19.4. The van der Waals surface area contributed by atoms with E-state index in [1.165, 1.54) is 19.3 Å². The van der Waals surface area contributed by atoms with E-state index in [2.05, 4.69) is 5.92 Å². The molecule has 0 saturated carbocycles. The Balaban J connectivity index is 1.96. The first-order chi connectivity index (χ1) is 6.77. The molecule has 0 aromatic rings. The zero-order valence-corrected chi connectivity index (χ0v) is 9.05. The van der Waals surface area contributed by atoms with Gasteiger partial charge >= 0.3 is 0 Å². The van der Waals surface area contributed by atoms with Crippen LogP contribution in [0.1, 0.15) is 45.4 Å². The Morgan fingerprint density at radius 1 is 1.14 bits per heavy atom. The minimum absolute atomic E-state index is 0.299. The summed E-state index contributed by atoms with van der Waals surface area (Å²) in [6.45, 7) is 3.52. The Hall–Kier alpha value is -0.520. The molecule has 1 aliphatic heterocycles. The smallest absolute Gasteiger partial charge is 0.165 e. The molecule has 14 heavy (non-hydrogen) atoms. The van der Waals surface area contributed by atoms with E-state index in [9.17, 15) is 0 Å². The highest BCUT2D eigenvalue weighted by molar-refractivity contribution is 4.82. The molecule has 0 radical (unpaired) electrons. The molecular weight excluding hydrogens is 176 g/mol. The lowest BCUT2D eigenvalue weighted by Crippen LogP contribution is -2.24. The Labute approximate surface area is 87.0 Å². The van der Waals surface area contributed by atoms with Gasteiger partial charge < -0.3 is 9.47 Å². The Kier molecular flexibility index (Phi) is 5.00. The van der Waals surface area contributed by atoms with Crippen LogP contribution in [0.15, 0.2) is 0 Å². The van der Waals surface area contributed by atoms with Crippen LogP contribution in [0.4, 0.5) is 0 Å². The number of unbranched alkanes of at least 4 members (excludes halogenated alkanes) is 4. The molecule has 0 atom stereocenters. The van der Waals surface area contributed by atoms with Gasteiger partial charge in [-0.1, -0.05) is 12.8 Å².